The Hall–Kier alpha value is -4.66. The monoisotopic (exact) mass is 442 g/mol. The van der Waals surface area contributed by atoms with Gasteiger partial charge in [-0.25, -0.2) is 4.68 Å². The highest BCUT2D eigenvalue weighted by atomic mass is 16.5. The van der Waals surface area contributed by atoms with Gasteiger partial charge in [0.25, 0.3) is 11.8 Å². The first-order valence-corrected chi connectivity index (χ1v) is 10.1. The fourth-order valence-electron chi connectivity index (χ4n) is 3.44. The van der Waals surface area contributed by atoms with E-state index in [2.05, 4.69) is 15.4 Å². The van der Waals surface area contributed by atoms with Crippen molar-refractivity contribution in [1.29, 1.82) is 0 Å². The van der Waals surface area contributed by atoms with Crippen LogP contribution >= 0.6 is 0 Å². The van der Waals surface area contributed by atoms with Gasteiger partial charge in [-0.05, 0) is 29.8 Å². The fourth-order valence-corrected chi connectivity index (χ4v) is 3.44. The molecule has 33 heavy (non-hydrogen) atoms. The summed E-state index contributed by atoms with van der Waals surface area (Å²) in [5.74, 6) is -0.272. The summed E-state index contributed by atoms with van der Waals surface area (Å²) in [7, 11) is 1.52. The van der Waals surface area contributed by atoms with Crippen LogP contribution in [0.3, 0.4) is 0 Å². The third kappa shape index (κ3) is 4.38. The molecule has 0 fully saturated rings. The van der Waals surface area contributed by atoms with Crippen molar-refractivity contribution in [3.63, 3.8) is 0 Å². The Labute approximate surface area is 190 Å². The third-order valence-corrected chi connectivity index (χ3v) is 5.09. The van der Waals surface area contributed by atoms with Crippen LogP contribution in [-0.2, 0) is 6.54 Å². The lowest BCUT2D eigenvalue weighted by Gasteiger charge is -2.09. The zero-order chi connectivity index (χ0) is 23.4. The third-order valence-electron chi connectivity index (χ3n) is 5.09. The predicted octanol–water partition coefficient (Wildman–Crippen LogP) is 2.55. The molecule has 2 amide bonds. The van der Waals surface area contributed by atoms with Gasteiger partial charge in [0.1, 0.15) is 22.8 Å². The Bertz CT molecular complexity index is 1300. The number of amides is 2. The first-order valence-electron chi connectivity index (χ1n) is 10.1. The summed E-state index contributed by atoms with van der Waals surface area (Å²) in [6.45, 7) is 0.312. The first kappa shape index (κ1) is 21.6. The first-order chi connectivity index (χ1) is 16.0. The van der Waals surface area contributed by atoms with Crippen molar-refractivity contribution in [2.45, 2.75) is 6.54 Å². The standard InChI is InChI=1S/C24H22N6O3/c1-33-19-7-3-2-6-18(19)24(32)28-13-15-8-10-16(11-9-15)21-20(23(26)31)22(25)30(29-21)17-5-4-12-27-14-17/h2-12,14H,13,25H2,1H3,(H2,26,31)(H,28,32). The van der Waals surface area contributed by atoms with Crippen molar-refractivity contribution in [2.75, 3.05) is 12.8 Å². The molecule has 4 aromatic rings. The van der Waals surface area contributed by atoms with Crippen LogP contribution in [0.25, 0.3) is 16.9 Å². The molecule has 0 atom stereocenters. The number of ether oxygens (including phenoxy) is 1. The molecule has 0 radical (unpaired) electrons. The highest BCUT2D eigenvalue weighted by molar-refractivity contribution is 6.03. The minimum atomic E-state index is -0.675. The average Bonchev–Trinajstić information content (AvgIpc) is 3.20. The summed E-state index contributed by atoms with van der Waals surface area (Å²) in [6, 6.07) is 17.8. The highest BCUT2D eigenvalue weighted by Crippen LogP contribution is 2.29. The molecule has 9 heteroatoms. The number of nitrogens with zero attached hydrogens (tertiary/aromatic N) is 3. The lowest BCUT2D eigenvalue weighted by molar-refractivity contribution is 0.0946. The van der Waals surface area contributed by atoms with Crippen LogP contribution < -0.4 is 21.5 Å². The maximum absolute atomic E-state index is 12.5. The van der Waals surface area contributed by atoms with Gasteiger partial charge in [-0.3, -0.25) is 14.6 Å². The second-order valence-corrected chi connectivity index (χ2v) is 7.18. The quantitative estimate of drug-likeness (QED) is 0.402. The van der Waals surface area contributed by atoms with Gasteiger partial charge in [0, 0.05) is 18.3 Å². The summed E-state index contributed by atoms with van der Waals surface area (Å²) in [6.07, 6.45) is 3.22. The summed E-state index contributed by atoms with van der Waals surface area (Å²) >= 11 is 0. The van der Waals surface area contributed by atoms with E-state index in [0.29, 0.717) is 34.8 Å². The molecular weight excluding hydrogens is 420 g/mol. The van der Waals surface area contributed by atoms with E-state index in [4.69, 9.17) is 16.2 Å². The van der Waals surface area contributed by atoms with Gasteiger partial charge in [-0.15, -0.1) is 0 Å². The van der Waals surface area contributed by atoms with Gasteiger partial charge in [-0.2, -0.15) is 5.10 Å². The molecule has 2 aromatic carbocycles. The zero-order valence-corrected chi connectivity index (χ0v) is 17.9. The van der Waals surface area contributed by atoms with Crippen molar-refractivity contribution in [1.82, 2.24) is 20.1 Å². The van der Waals surface area contributed by atoms with E-state index in [1.807, 2.05) is 12.1 Å². The molecule has 0 unspecified atom stereocenters. The van der Waals surface area contributed by atoms with Crippen LogP contribution in [0.1, 0.15) is 26.3 Å². The number of hydrogen-bond acceptors (Lipinski definition) is 6. The number of methoxy groups -OCH3 is 1. The number of hydrogen-bond donors (Lipinski definition) is 3. The molecule has 2 heterocycles. The minimum Gasteiger partial charge on any atom is -0.496 e. The molecule has 0 bridgehead atoms. The van der Waals surface area contributed by atoms with Crippen LogP contribution in [0.15, 0.2) is 73.1 Å². The van der Waals surface area contributed by atoms with Crippen LogP contribution in [0, 0.1) is 0 Å². The Morgan fingerprint density at radius 2 is 1.82 bits per heavy atom. The molecule has 4 rings (SSSR count). The van der Waals surface area contributed by atoms with Crippen molar-refractivity contribution in [3.05, 3.63) is 89.7 Å². The number of primary amides is 1. The molecule has 5 N–H and O–H groups in total. The Balaban J connectivity index is 1.56. The zero-order valence-electron chi connectivity index (χ0n) is 17.9. The van der Waals surface area contributed by atoms with Crippen LogP contribution in [-0.4, -0.2) is 33.7 Å². The number of para-hydroxylation sites is 1. The van der Waals surface area contributed by atoms with Crippen LogP contribution in [0.4, 0.5) is 5.82 Å². The number of anilines is 1. The number of carbonyl (C=O) groups is 2. The number of aromatic nitrogens is 3. The predicted molar refractivity (Wildman–Crippen MR) is 124 cm³/mol. The van der Waals surface area contributed by atoms with E-state index in [1.165, 1.54) is 11.8 Å². The lowest BCUT2D eigenvalue weighted by Crippen LogP contribution is -2.23. The van der Waals surface area contributed by atoms with Crippen molar-refractivity contribution in [2.24, 2.45) is 5.73 Å². The molecule has 0 saturated heterocycles. The number of rotatable bonds is 7. The molecular formula is C24H22N6O3. The molecule has 0 spiro atoms. The molecule has 0 aliphatic heterocycles. The minimum absolute atomic E-state index is 0.135. The van der Waals surface area contributed by atoms with Gasteiger partial charge < -0.3 is 21.5 Å². The number of carbonyl (C=O) groups excluding carboxylic acids is 2. The molecule has 9 nitrogen and oxygen atoms in total. The summed E-state index contributed by atoms with van der Waals surface area (Å²) in [5.41, 5.74) is 14.9. The van der Waals surface area contributed by atoms with E-state index in [-0.39, 0.29) is 17.3 Å². The van der Waals surface area contributed by atoms with Gasteiger partial charge in [-0.1, -0.05) is 36.4 Å². The van der Waals surface area contributed by atoms with Crippen molar-refractivity contribution in [3.8, 4) is 22.7 Å². The van der Waals surface area contributed by atoms with Gasteiger partial charge >= 0.3 is 0 Å². The smallest absolute Gasteiger partial charge is 0.255 e. The van der Waals surface area contributed by atoms with Gasteiger partial charge in [0.15, 0.2) is 0 Å². The number of nitrogens with two attached hydrogens (primary N) is 2. The number of pyridine rings is 1. The maximum Gasteiger partial charge on any atom is 0.255 e. The topological polar surface area (TPSA) is 138 Å². The number of nitrogen functional groups attached to an aromatic ring is 1. The fraction of sp³-hybridized carbons (Fsp3) is 0.0833. The SMILES string of the molecule is COc1ccccc1C(=O)NCc1ccc(-c2nn(-c3cccnc3)c(N)c2C(N)=O)cc1. The highest BCUT2D eigenvalue weighted by Gasteiger charge is 2.22. The summed E-state index contributed by atoms with van der Waals surface area (Å²) in [4.78, 5) is 28.7. The van der Waals surface area contributed by atoms with E-state index in [0.717, 1.165) is 5.56 Å². The second-order valence-electron chi connectivity index (χ2n) is 7.18. The van der Waals surface area contributed by atoms with E-state index < -0.39 is 5.91 Å². The molecule has 0 saturated carbocycles. The van der Waals surface area contributed by atoms with Crippen molar-refractivity contribution >= 4 is 17.6 Å². The molecule has 0 aliphatic carbocycles. The van der Waals surface area contributed by atoms with Gasteiger partial charge in [0.2, 0.25) is 0 Å². The molecule has 2 aromatic heterocycles. The Morgan fingerprint density at radius 3 is 2.48 bits per heavy atom. The van der Waals surface area contributed by atoms with Crippen molar-refractivity contribution < 1.29 is 14.3 Å². The summed E-state index contributed by atoms with van der Waals surface area (Å²) < 4.78 is 6.67. The van der Waals surface area contributed by atoms with E-state index in [9.17, 15) is 9.59 Å². The van der Waals surface area contributed by atoms with Crippen LogP contribution in [0.2, 0.25) is 0 Å². The summed E-state index contributed by atoms with van der Waals surface area (Å²) in [5, 5.41) is 7.38. The van der Waals surface area contributed by atoms with Gasteiger partial charge in [0.05, 0.1) is 24.6 Å². The Morgan fingerprint density at radius 1 is 1.06 bits per heavy atom. The second kappa shape index (κ2) is 9.23. The molecule has 0 aliphatic rings. The number of benzene rings is 2. The van der Waals surface area contributed by atoms with E-state index >= 15 is 0 Å². The van der Waals surface area contributed by atoms with E-state index in [1.54, 1.807) is 60.9 Å². The Kier molecular flexibility index (Phi) is 6.03. The maximum atomic E-state index is 12.5. The largest absolute Gasteiger partial charge is 0.496 e. The van der Waals surface area contributed by atoms with Crippen LogP contribution in [0.5, 0.6) is 5.75 Å². The lowest BCUT2D eigenvalue weighted by atomic mass is 10.0. The normalized spacial score (nSPS) is 10.6. The molecule has 166 valence electrons. The average molecular weight is 442 g/mol. The number of nitrogens with one attached hydrogen (secondary N) is 1.